The third kappa shape index (κ3) is 5.14. The summed E-state index contributed by atoms with van der Waals surface area (Å²) in [6, 6.07) is 24.1. The van der Waals surface area contributed by atoms with Gasteiger partial charge in [0.1, 0.15) is 0 Å². The molecule has 0 aromatic heterocycles. The van der Waals surface area contributed by atoms with Crippen LogP contribution in [0, 0.1) is 6.92 Å². The molecule has 0 saturated carbocycles. The van der Waals surface area contributed by atoms with Gasteiger partial charge in [0.2, 0.25) is 0 Å². The quantitative estimate of drug-likeness (QED) is 0.254. The van der Waals surface area contributed by atoms with Crippen LogP contribution in [0.2, 0.25) is 0 Å². The summed E-state index contributed by atoms with van der Waals surface area (Å²) < 4.78 is 0. The second kappa shape index (κ2) is 10.9. The van der Waals surface area contributed by atoms with E-state index in [-0.39, 0.29) is 33.6 Å². The number of anilines is 2. The highest BCUT2D eigenvalue weighted by molar-refractivity contribution is 6.33. The van der Waals surface area contributed by atoms with E-state index in [0.717, 1.165) is 30.4 Å². The molecular formula is C33H28N2O4. The molecule has 194 valence electrons. The highest BCUT2D eigenvalue weighted by Gasteiger charge is 2.34. The van der Waals surface area contributed by atoms with Gasteiger partial charge in [0.05, 0.1) is 22.5 Å². The first kappa shape index (κ1) is 25.8. The number of carbonyl (C=O) groups excluding carboxylic acids is 4. The molecule has 4 aromatic carbocycles. The van der Waals surface area contributed by atoms with Crippen molar-refractivity contribution >= 4 is 34.8 Å². The lowest BCUT2D eigenvalue weighted by Crippen LogP contribution is -2.26. The zero-order valence-corrected chi connectivity index (χ0v) is 21.8. The summed E-state index contributed by atoms with van der Waals surface area (Å²) in [5.41, 5.74) is 4.08. The topological polar surface area (TPSA) is 92.3 Å². The van der Waals surface area contributed by atoms with Gasteiger partial charge in [0, 0.05) is 22.3 Å². The SMILES string of the molecule is CCCCc1ccc(C(=O)Nc2ccc(NC(=O)c3ccc(C)cc3)c3c2C(=O)c2ccccc2C3=O)cc1. The van der Waals surface area contributed by atoms with Gasteiger partial charge in [-0.05, 0) is 61.7 Å². The zero-order chi connectivity index (χ0) is 27.5. The van der Waals surface area contributed by atoms with Gasteiger partial charge >= 0.3 is 0 Å². The first-order chi connectivity index (χ1) is 18.9. The van der Waals surface area contributed by atoms with Gasteiger partial charge in [-0.2, -0.15) is 0 Å². The molecule has 0 radical (unpaired) electrons. The van der Waals surface area contributed by atoms with Gasteiger partial charge in [-0.15, -0.1) is 0 Å². The van der Waals surface area contributed by atoms with E-state index in [1.807, 2.05) is 31.2 Å². The van der Waals surface area contributed by atoms with Crippen LogP contribution >= 0.6 is 0 Å². The minimum Gasteiger partial charge on any atom is -0.321 e. The molecule has 6 heteroatoms. The summed E-state index contributed by atoms with van der Waals surface area (Å²) in [5.74, 6) is -1.58. The Morgan fingerprint density at radius 1 is 0.641 bits per heavy atom. The molecule has 0 heterocycles. The number of benzene rings is 4. The third-order valence-electron chi connectivity index (χ3n) is 6.92. The van der Waals surface area contributed by atoms with Crippen molar-refractivity contribution in [1.82, 2.24) is 0 Å². The molecule has 0 spiro atoms. The van der Waals surface area contributed by atoms with Gasteiger partial charge in [-0.1, -0.05) is 67.4 Å². The summed E-state index contributed by atoms with van der Waals surface area (Å²) in [6.07, 6.45) is 3.10. The van der Waals surface area contributed by atoms with Crippen LogP contribution in [0.15, 0.2) is 84.9 Å². The van der Waals surface area contributed by atoms with Crippen LogP contribution in [-0.4, -0.2) is 23.4 Å². The maximum atomic E-state index is 13.7. The van der Waals surface area contributed by atoms with Crippen LogP contribution in [0.1, 0.15) is 83.5 Å². The molecule has 39 heavy (non-hydrogen) atoms. The maximum Gasteiger partial charge on any atom is 0.255 e. The number of carbonyl (C=O) groups is 4. The van der Waals surface area contributed by atoms with Crippen molar-refractivity contribution in [2.75, 3.05) is 10.6 Å². The summed E-state index contributed by atoms with van der Waals surface area (Å²) in [4.78, 5) is 53.5. The average molecular weight is 517 g/mol. The molecule has 0 aliphatic heterocycles. The number of hydrogen-bond acceptors (Lipinski definition) is 4. The first-order valence-electron chi connectivity index (χ1n) is 13.0. The maximum absolute atomic E-state index is 13.7. The van der Waals surface area contributed by atoms with Crippen molar-refractivity contribution in [2.45, 2.75) is 33.1 Å². The third-order valence-corrected chi connectivity index (χ3v) is 6.92. The second-order valence-electron chi connectivity index (χ2n) is 9.69. The van der Waals surface area contributed by atoms with Crippen molar-refractivity contribution in [3.05, 3.63) is 129 Å². The summed E-state index contributed by atoms with van der Waals surface area (Å²) >= 11 is 0. The normalized spacial score (nSPS) is 11.9. The van der Waals surface area contributed by atoms with Gasteiger partial charge in [-0.3, -0.25) is 19.2 Å². The largest absolute Gasteiger partial charge is 0.321 e. The van der Waals surface area contributed by atoms with Crippen molar-refractivity contribution in [3.63, 3.8) is 0 Å². The molecule has 2 N–H and O–H groups in total. The molecule has 1 aliphatic carbocycles. The lowest BCUT2D eigenvalue weighted by molar-refractivity contribution is 0.0977. The Bertz CT molecular complexity index is 1600. The Morgan fingerprint density at radius 3 is 1.56 bits per heavy atom. The van der Waals surface area contributed by atoms with Crippen molar-refractivity contribution < 1.29 is 19.2 Å². The zero-order valence-electron chi connectivity index (χ0n) is 21.8. The van der Waals surface area contributed by atoms with Crippen LogP contribution in [0.4, 0.5) is 11.4 Å². The molecule has 4 aromatic rings. The number of aryl methyl sites for hydroxylation is 2. The highest BCUT2D eigenvalue weighted by atomic mass is 16.2. The average Bonchev–Trinajstić information content (AvgIpc) is 2.96. The van der Waals surface area contributed by atoms with Crippen LogP contribution < -0.4 is 10.6 Å². The molecule has 1 aliphatic rings. The van der Waals surface area contributed by atoms with E-state index >= 15 is 0 Å². The Labute approximate surface area is 227 Å². The molecule has 0 atom stereocenters. The van der Waals surface area contributed by atoms with Crippen LogP contribution in [0.25, 0.3) is 0 Å². The van der Waals surface area contributed by atoms with Crippen molar-refractivity contribution in [3.8, 4) is 0 Å². The minimum atomic E-state index is -0.406. The monoisotopic (exact) mass is 516 g/mol. The number of hydrogen-bond donors (Lipinski definition) is 2. The summed E-state index contributed by atoms with van der Waals surface area (Å²) in [5, 5.41) is 5.62. The smallest absolute Gasteiger partial charge is 0.255 e. The van der Waals surface area contributed by atoms with Gasteiger partial charge in [0.25, 0.3) is 11.8 Å². The fraction of sp³-hybridized carbons (Fsp3) is 0.152. The Balaban J connectivity index is 1.52. The Kier molecular flexibility index (Phi) is 7.19. The van der Waals surface area contributed by atoms with Crippen molar-refractivity contribution in [1.29, 1.82) is 0 Å². The molecule has 0 fully saturated rings. The number of rotatable bonds is 7. The van der Waals surface area contributed by atoms with E-state index in [0.29, 0.717) is 11.1 Å². The molecule has 0 unspecified atom stereocenters. The predicted octanol–water partition coefficient (Wildman–Crippen LogP) is 6.62. The van der Waals surface area contributed by atoms with Crippen LogP contribution in [0.5, 0.6) is 0 Å². The number of fused-ring (bicyclic) bond motifs is 2. The van der Waals surface area contributed by atoms with E-state index in [1.165, 1.54) is 0 Å². The number of amides is 2. The molecule has 2 amide bonds. The minimum absolute atomic E-state index is 0.0619. The van der Waals surface area contributed by atoms with Crippen LogP contribution in [0.3, 0.4) is 0 Å². The molecule has 6 nitrogen and oxygen atoms in total. The van der Waals surface area contributed by atoms with E-state index in [9.17, 15) is 19.2 Å². The number of ketones is 2. The van der Waals surface area contributed by atoms with E-state index < -0.39 is 23.4 Å². The predicted molar refractivity (Wildman–Crippen MR) is 152 cm³/mol. The second-order valence-corrected chi connectivity index (χ2v) is 9.69. The van der Waals surface area contributed by atoms with E-state index in [4.69, 9.17) is 0 Å². The Hall–Kier alpha value is -4.84. The van der Waals surface area contributed by atoms with Crippen molar-refractivity contribution in [2.24, 2.45) is 0 Å². The van der Waals surface area contributed by atoms with Crippen LogP contribution in [-0.2, 0) is 6.42 Å². The lowest BCUT2D eigenvalue weighted by Gasteiger charge is -2.23. The number of unbranched alkanes of at least 4 members (excludes halogenated alkanes) is 1. The fourth-order valence-corrected chi connectivity index (χ4v) is 4.73. The van der Waals surface area contributed by atoms with Gasteiger partial charge in [0.15, 0.2) is 11.6 Å². The standard InChI is InChI=1S/C33H28N2O4/c1-3-4-7-21-12-16-23(17-13-21)33(39)35-27-19-18-26(34-32(38)22-14-10-20(2)11-15-22)28-29(27)31(37)25-9-6-5-8-24(25)30(28)36/h5-6,8-19H,3-4,7H2,1-2H3,(H,34,38)(H,35,39). The summed E-state index contributed by atoms with van der Waals surface area (Å²) in [7, 11) is 0. The van der Waals surface area contributed by atoms with E-state index in [1.54, 1.807) is 60.7 Å². The van der Waals surface area contributed by atoms with Gasteiger partial charge < -0.3 is 10.6 Å². The fourth-order valence-electron chi connectivity index (χ4n) is 4.73. The highest BCUT2D eigenvalue weighted by Crippen LogP contribution is 2.37. The van der Waals surface area contributed by atoms with Gasteiger partial charge in [-0.25, -0.2) is 0 Å². The van der Waals surface area contributed by atoms with E-state index in [2.05, 4.69) is 17.6 Å². The summed E-state index contributed by atoms with van der Waals surface area (Å²) in [6.45, 7) is 4.06. The number of nitrogens with one attached hydrogen (secondary N) is 2. The lowest BCUT2D eigenvalue weighted by atomic mass is 9.82. The molecule has 0 bridgehead atoms. The molecule has 0 saturated heterocycles. The molecular weight excluding hydrogens is 488 g/mol. The Morgan fingerprint density at radius 2 is 1.10 bits per heavy atom. The first-order valence-corrected chi connectivity index (χ1v) is 13.0. The molecule has 5 rings (SSSR count).